The van der Waals surface area contributed by atoms with Crippen molar-refractivity contribution in [3.63, 3.8) is 0 Å². The summed E-state index contributed by atoms with van der Waals surface area (Å²) in [5.74, 6) is 0.0203. The van der Waals surface area contributed by atoms with Gasteiger partial charge in [0.15, 0.2) is 0 Å². The van der Waals surface area contributed by atoms with Crippen LogP contribution in [0.2, 0.25) is 0 Å². The first-order valence-electron chi connectivity index (χ1n) is 6.39. The number of aromatic nitrogens is 3. The zero-order chi connectivity index (χ0) is 13.4. The van der Waals surface area contributed by atoms with Gasteiger partial charge >= 0.3 is 0 Å². The van der Waals surface area contributed by atoms with Gasteiger partial charge in [0.1, 0.15) is 11.0 Å². The lowest BCUT2D eigenvalue weighted by molar-refractivity contribution is -0.0586. The van der Waals surface area contributed by atoms with Crippen molar-refractivity contribution in [2.45, 2.75) is 26.1 Å². The van der Waals surface area contributed by atoms with E-state index < -0.39 is 0 Å². The highest BCUT2D eigenvalue weighted by molar-refractivity contribution is 5.97. The molecule has 0 radical (unpaired) electrons. The molecule has 1 aromatic heterocycles. The van der Waals surface area contributed by atoms with E-state index in [4.69, 9.17) is 4.74 Å². The summed E-state index contributed by atoms with van der Waals surface area (Å²) >= 11 is 0. The summed E-state index contributed by atoms with van der Waals surface area (Å²) in [4.78, 5) is 14.3. The molecule has 100 valence electrons. The minimum atomic E-state index is 0.0203. The fraction of sp³-hybridized carbons (Fsp3) is 0.462. The second kappa shape index (κ2) is 4.62. The number of fused-ring (bicyclic) bond motifs is 1. The summed E-state index contributed by atoms with van der Waals surface area (Å²) in [6.45, 7) is 5.22. The van der Waals surface area contributed by atoms with Crippen molar-refractivity contribution in [1.82, 2.24) is 20.3 Å². The molecule has 1 aliphatic rings. The van der Waals surface area contributed by atoms with Gasteiger partial charge in [0.2, 0.25) is 0 Å². The number of H-pyrrole nitrogens is 1. The van der Waals surface area contributed by atoms with E-state index in [1.165, 1.54) is 0 Å². The fourth-order valence-electron chi connectivity index (χ4n) is 2.50. The predicted molar refractivity (Wildman–Crippen MR) is 69.8 cm³/mol. The second-order valence-corrected chi connectivity index (χ2v) is 4.99. The zero-order valence-corrected chi connectivity index (χ0v) is 11.0. The average molecular weight is 260 g/mol. The molecule has 1 aromatic carbocycles. The van der Waals surface area contributed by atoms with Gasteiger partial charge in [-0.25, -0.2) is 0 Å². The number of benzene rings is 1. The molecule has 1 aliphatic heterocycles. The molecular weight excluding hydrogens is 244 g/mol. The molecule has 2 atom stereocenters. The van der Waals surface area contributed by atoms with Crippen molar-refractivity contribution in [2.24, 2.45) is 0 Å². The maximum Gasteiger partial charge on any atom is 0.254 e. The van der Waals surface area contributed by atoms with Crippen molar-refractivity contribution in [3.8, 4) is 0 Å². The van der Waals surface area contributed by atoms with Gasteiger partial charge in [-0.3, -0.25) is 4.79 Å². The van der Waals surface area contributed by atoms with Crippen LogP contribution in [-0.4, -0.2) is 51.5 Å². The molecule has 19 heavy (non-hydrogen) atoms. The van der Waals surface area contributed by atoms with Crippen LogP contribution < -0.4 is 0 Å². The van der Waals surface area contributed by atoms with E-state index in [1.807, 2.05) is 18.7 Å². The monoisotopic (exact) mass is 260 g/mol. The van der Waals surface area contributed by atoms with Gasteiger partial charge in [-0.15, -0.1) is 0 Å². The molecule has 0 unspecified atom stereocenters. The molecule has 0 bridgehead atoms. The van der Waals surface area contributed by atoms with Crippen LogP contribution in [0, 0.1) is 0 Å². The largest absolute Gasteiger partial charge is 0.372 e. The van der Waals surface area contributed by atoms with Gasteiger partial charge in [-0.05, 0) is 32.0 Å². The highest BCUT2D eigenvalue weighted by Crippen LogP contribution is 2.16. The van der Waals surface area contributed by atoms with Crippen molar-refractivity contribution in [3.05, 3.63) is 23.8 Å². The smallest absolute Gasteiger partial charge is 0.254 e. The van der Waals surface area contributed by atoms with Crippen molar-refractivity contribution in [1.29, 1.82) is 0 Å². The lowest BCUT2D eigenvalue weighted by Crippen LogP contribution is -2.48. The second-order valence-electron chi connectivity index (χ2n) is 4.99. The van der Waals surface area contributed by atoms with E-state index in [0.29, 0.717) is 24.2 Å². The first-order chi connectivity index (χ1) is 9.13. The lowest BCUT2D eigenvalue weighted by atomic mass is 10.1. The molecule has 6 nitrogen and oxygen atoms in total. The Balaban J connectivity index is 1.86. The van der Waals surface area contributed by atoms with E-state index in [2.05, 4.69) is 15.4 Å². The summed E-state index contributed by atoms with van der Waals surface area (Å²) in [6, 6.07) is 5.36. The minimum absolute atomic E-state index is 0.0203. The van der Waals surface area contributed by atoms with Gasteiger partial charge in [-0.2, -0.15) is 15.4 Å². The van der Waals surface area contributed by atoms with Gasteiger partial charge < -0.3 is 9.64 Å². The van der Waals surface area contributed by atoms with Crippen molar-refractivity contribution < 1.29 is 9.53 Å². The highest BCUT2D eigenvalue weighted by Gasteiger charge is 2.26. The molecule has 1 amide bonds. The number of rotatable bonds is 1. The van der Waals surface area contributed by atoms with Crippen molar-refractivity contribution >= 4 is 16.9 Å². The molecule has 6 heteroatoms. The molecule has 2 heterocycles. The molecule has 1 saturated heterocycles. The van der Waals surface area contributed by atoms with Crippen LogP contribution in [-0.2, 0) is 4.74 Å². The van der Waals surface area contributed by atoms with Crippen LogP contribution in [0.1, 0.15) is 24.2 Å². The van der Waals surface area contributed by atoms with Crippen LogP contribution in [0.25, 0.3) is 11.0 Å². The zero-order valence-electron chi connectivity index (χ0n) is 11.0. The number of morpholine rings is 1. The number of ether oxygens (including phenoxy) is 1. The summed E-state index contributed by atoms with van der Waals surface area (Å²) in [5, 5.41) is 10.5. The van der Waals surface area contributed by atoms with Crippen LogP contribution in [0.4, 0.5) is 0 Å². The lowest BCUT2D eigenvalue weighted by Gasteiger charge is -2.35. The number of nitrogens with zero attached hydrogens (tertiary/aromatic N) is 3. The Labute approximate surface area is 110 Å². The molecule has 1 N–H and O–H groups in total. The highest BCUT2D eigenvalue weighted by atomic mass is 16.5. The number of nitrogens with one attached hydrogen (secondary N) is 1. The Morgan fingerprint density at radius 2 is 1.95 bits per heavy atom. The predicted octanol–water partition coefficient (Wildman–Crippen LogP) is 1.21. The average Bonchev–Trinajstić information content (AvgIpc) is 2.83. The maximum absolute atomic E-state index is 12.5. The van der Waals surface area contributed by atoms with E-state index >= 15 is 0 Å². The van der Waals surface area contributed by atoms with E-state index in [9.17, 15) is 4.79 Å². The molecular formula is C13H16N4O2. The Hall–Kier alpha value is -1.95. The van der Waals surface area contributed by atoms with Gasteiger partial charge in [0.25, 0.3) is 5.91 Å². The maximum atomic E-state index is 12.5. The van der Waals surface area contributed by atoms with Crippen LogP contribution >= 0.6 is 0 Å². The molecule has 0 aliphatic carbocycles. The quantitative estimate of drug-likeness (QED) is 0.836. The van der Waals surface area contributed by atoms with Gasteiger partial charge in [-0.1, -0.05) is 0 Å². The molecule has 3 rings (SSSR count). The number of aromatic amines is 1. The number of amides is 1. The Morgan fingerprint density at radius 3 is 2.68 bits per heavy atom. The molecule has 1 fully saturated rings. The van der Waals surface area contributed by atoms with Crippen LogP contribution in [0.3, 0.4) is 0 Å². The molecule has 0 spiro atoms. The SMILES string of the molecule is C[C@H]1CN(C(=O)c2ccc3n[nH]nc3c2)C[C@H](C)O1. The van der Waals surface area contributed by atoms with E-state index in [0.717, 1.165) is 5.52 Å². The molecule has 0 saturated carbocycles. The van der Waals surface area contributed by atoms with Crippen LogP contribution in [0.5, 0.6) is 0 Å². The fourth-order valence-corrected chi connectivity index (χ4v) is 2.50. The third-order valence-electron chi connectivity index (χ3n) is 3.27. The summed E-state index contributed by atoms with van der Waals surface area (Å²) < 4.78 is 5.64. The Kier molecular flexibility index (Phi) is 2.94. The summed E-state index contributed by atoms with van der Waals surface area (Å²) in [7, 11) is 0. The molecule has 2 aromatic rings. The van der Waals surface area contributed by atoms with E-state index in [1.54, 1.807) is 18.2 Å². The number of hydrogen-bond donors (Lipinski definition) is 1. The third kappa shape index (κ3) is 2.31. The number of carbonyl (C=O) groups is 1. The Morgan fingerprint density at radius 1 is 1.26 bits per heavy atom. The topological polar surface area (TPSA) is 71.1 Å². The number of carbonyl (C=O) groups excluding carboxylic acids is 1. The minimum Gasteiger partial charge on any atom is -0.372 e. The number of hydrogen-bond acceptors (Lipinski definition) is 4. The summed E-state index contributed by atoms with van der Waals surface area (Å²) in [6.07, 6.45) is 0.145. The van der Waals surface area contributed by atoms with Crippen molar-refractivity contribution in [2.75, 3.05) is 13.1 Å². The standard InChI is InChI=1S/C13H16N4O2/c1-8-6-17(7-9(2)19-8)13(18)10-3-4-11-12(5-10)15-16-14-11/h3-5,8-9H,6-7H2,1-2H3,(H,14,15,16)/t8-,9-/m0/s1. The first kappa shape index (κ1) is 12.1. The van der Waals surface area contributed by atoms with Crippen LogP contribution in [0.15, 0.2) is 18.2 Å². The van der Waals surface area contributed by atoms with Gasteiger partial charge in [0, 0.05) is 18.7 Å². The normalized spacial score (nSPS) is 23.8. The van der Waals surface area contributed by atoms with Gasteiger partial charge in [0.05, 0.1) is 12.2 Å². The first-order valence-corrected chi connectivity index (χ1v) is 6.39. The summed E-state index contributed by atoms with van der Waals surface area (Å²) in [5.41, 5.74) is 2.11. The Bertz CT molecular complexity index is 599. The third-order valence-corrected chi connectivity index (χ3v) is 3.27. The van der Waals surface area contributed by atoms with E-state index in [-0.39, 0.29) is 18.1 Å².